The van der Waals surface area contributed by atoms with Crippen LogP contribution in [0.25, 0.3) is 11.5 Å². The number of ether oxygens (including phenoxy) is 2. The summed E-state index contributed by atoms with van der Waals surface area (Å²) in [5, 5.41) is 7.73. The number of aromatic nitrogens is 3. The quantitative estimate of drug-likeness (QED) is 0.724. The second kappa shape index (κ2) is 6.15. The van der Waals surface area contributed by atoms with Crippen molar-refractivity contribution in [3.63, 3.8) is 0 Å². The normalized spacial score (nSPS) is 13.1. The first-order valence-electron chi connectivity index (χ1n) is 7.24. The third-order valence-corrected chi connectivity index (χ3v) is 4.86. The molecule has 128 valence electrons. The number of sulfonamides is 1. The standard InChI is InChI=1S/C15H12N4O5S/c20-25(21,11-1-2-12-13(7-11)23-9-22-12)17-8-14-18-19-15(24-14)10-3-5-16-6-4-10/h1-7,17H,8-9H2. The van der Waals surface area contributed by atoms with Crippen molar-refractivity contribution < 1.29 is 22.3 Å². The molecular formula is C15H12N4O5S. The van der Waals surface area contributed by atoms with Crippen LogP contribution in [-0.4, -0.2) is 30.4 Å². The fourth-order valence-corrected chi connectivity index (χ4v) is 3.21. The van der Waals surface area contributed by atoms with Crippen molar-refractivity contribution in [3.05, 3.63) is 48.6 Å². The molecule has 2 aromatic heterocycles. The van der Waals surface area contributed by atoms with E-state index in [1.54, 1.807) is 30.6 Å². The van der Waals surface area contributed by atoms with Crippen LogP contribution in [0, 0.1) is 0 Å². The highest BCUT2D eigenvalue weighted by molar-refractivity contribution is 7.89. The first kappa shape index (κ1) is 15.5. The first-order valence-corrected chi connectivity index (χ1v) is 8.72. The van der Waals surface area contributed by atoms with Gasteiger partial charge in [0.25, 0.3) is 0 Å². The molecule has 0 spiro atoms. The van der Waals surface area contributed by atoms with E-state index in [2.05, 4.69) is 19.9 Å². The van der Waals surface area contributed by atoms with Gasteiger partial charge < -0.3 is 13.9 Å². The number of pyridine rings is 1. The molecule has 0 radical (unpaired) electrons. The predicted octanol–water partition coefficient (Wildman–Crippen LogP) is 1.34. The van der Waals surface area contributed by atoms with Crippen LogP contribution in [0.15, 0.2) is 52.0 Å². The lowest BCUT2D eigenvalue weighted by Crippen LogP contribution is -2.23. The Morgan fingerprint density at radius 3 is 2.68 bits per heavy atom. The Balaban J connectivity index is 1.48. The monoisotopic (exact) mass is 360 g/mol. The van der Waals surface area contributed by atoms with Gasteiger partial charge in [0.05, 0.1) is 11.4 Å². The van der Waals surface area contributed by atoms with E-state index in [-0.39, 0.29) is 24.1 Å². The first-order chi connectivity index (χ1) is 12.1. The lowest BCUT2D eigenvalue weighted by molar-refractivity contribution is 0.174. The molecule has 9 nitrogen and oxygen atoms in total. The Kier molecular flexibility index (Phi) is 3.82. The number of nitrogens with one attached hydrogen (secondary N) is 1. The SMILES string of the molecule is O=S(=O)(NCc1nnc(-c2ccncc2)o1)c1ccc2c(c1)OCO2. The van der Waals surface area contributed by atoms with E-state index in [9.17, 15) is 8.42 Å². The highest BCUT2D eigenvalue weighted by Gasteiger charge is 2.21. The number of rotatable bonds is 5. The van der Waals surface area contributed by atoms with Crippen molar-refractivity contribution in [2.75, 3.05) is 6.79 Å². The smallest absolute Gasteiger partial charge is 0.247 e. The van der Waals surface area contributed by atoms with Crippen molar-refractivity contribution in [2.24, 2.45) is 0 Å². The number of nitrogens with zero attached hydrogens (tertiary/aromatic N) is 3. The van der Waals surface area contributed by atoms with Gasteiger partial charge in [-0.3, -0.25) is 4.98 Å². The van der Waals surface area contributed by atoms with Crippen molar-refractivity contribution in [3.8, 4) is 23.0 Å². The van der Waals surface area contributed by atoms with Crippen LogP contribution in [0.1, 0.15) is 5.89 Å². The van der Waals surface area contributed by atoms with Gasteiger partial charge in [-0.1, -0.05) is 0 Å². The second-order valence-corrected chi connectivity index (χ2v) is 6.84. The molecule has 10 heteroatoms. The fraction of sp³-hybridized carbons (Fsp3) is 0.133. The molecule has 0 bridgehead atoms. The fourth-order valence-electron chi connectivity index (χ4n) is 2.22. The third-order valence-electron chi connectivity index (χ3n) is 3.46. The van der Waals surface area contributed by atoms with Crippen molar-refractivity contribution >= 4 is 10.0 Å². The summed E-state index contributed by atoms with van der Waals surface area (Å²) >= 11 is 0. The molecule has 1 aliphatic heterocycles. The van der Waals surface area contributed by atoms with Gasteiger partial charge in [0.1, 0.15) is 0 Å². The van der Waals surface area contributed by atoms with E-state index in [1.807, 2.05) is 0 Å². The zero-order valence-electron chi connectivity index (χ0n) is 12.7. The van der Waals surface area contributed by atoms with Crippen LogP contribution in [0.5, 0.6) is 11.5 Å². The van der Waals surface area contributed by atoms with E-state index in [0.29, 0.717) is 23.0 Å². The summed E-state index contributed by atoms with van der Waals surface area (Å²) < 4.78 is 43.0. The maximum absolute atomic E-state index is 12.4. The lowest BCUT2D eigenvalue weighted by Gasteiger charge is -2.05. The van der Waals surface area contributed by atoms with E-state index >= 15 is 0 Å². The molecule has 0 atom stereocenters. The maximum atomic E-state index is 12.4. The highest BCUT2D eigenvalue weighted by Crippen LogP contribution is 2.33. The van der Waals surface area contributed by atoms with Crippen LogP contribution in [0.4, 0.5) is 0 Å². The molecule has 0 fully saturated rings. The van der Waals surface area contributed by atoms with Gasteiger partial charge >= 0.3 is 0 Å². The van der Waals surface area contributed by atoms with Crippen molar-refractivity contribution in [1.82, 2.24) is 19.9 Å². The Labute approximate surface area is 142 Å². The molecule has 0 unspecified atom stereocenters. The minimum absolute atomic E-state index is 0.0608. The van der Waals surface area contributed by atoms with Gasteiger partial charge in [0, 0.05) is 24.0 Å². The van der Waals surface area contributed by atoms with Gasteiger partial charge in [-0.05, 0) is 24.3 Å². The Morgan fingerprint density at radius 2 is 1.84 bits per heavy atom. The molecule has 1 aromatic carbocycles. The molecule has 25 heavy (non-hydrogen) atoms. The van der Waals surface area contributed by atoms with Gasteiger partial charge in [0.15, 0.2) is 11.5 Å². The zero-order chi connectivity index (χ0) is 17.3. The van der Waals surface area contributed by atoms with Crippen LogP contribution >= 0.6 is 0 Å². The second-order valence-electron chi connectivity index (χ2n) is 5.08. The van der Waals surface area contributed by atoms with Crippen LogP contribution in [0.2, 0.25) is 0 Å². The number of hydrogen-bond donors (Lipinski definition) is 1. The number of fused-ring (bicyclic) bond motifs is 1. The summed E-state index contributed by atoms with van der Waals surface area (Å²) in [5.74, 6) is 1.34. The number of benzene rings is 1. The summed E-state index contributed by atoms with van der Waals surface area (Å²) in [6.07, 6.45) is 3.20. The van der Waals surface area contributed by atoms with E-state index in [4.69, 9.17) is 13.9 Å². The Hall–Kier alpha value is -2.98. The summed E-state index contributed by atoms with van der Waals surface area (Å²) in [7, 11) is -3.76. The van der Waals surface area contributed by atoms with Gasteiger partial charge in [0.2, 0.25) is 28.6 Å². The Bertz CT molecular complexity index is 1000. The number of hydrogen-bond acceptors (Lipinski definition) is 8. The van der Waals surface area contributed by atoms with E-state index in [0.717, 1.165) is 0 Å². The van der Waals surface area contributed by atoms with Crippen LogP contribution in [-0.2, 0) is 16.6 Å². The molecular weight excluding hydrogens is 348 g/mol. The van der Waals surface area contributed by atoms with Crippen molar-refractivity contribution in [1.29, 1.82) is 0 Å². The summed E-state index contributed by atoms with van der Waals surface area (Å²) in [5.41, 5.74) is 0.701. The average Bonchev–Trinajstić information content (AvgIpc) is 3.29. The molecule has 0 saturated heterocycles. The predicted molar refractivity (Wildman–Crippen MR) is 84.1 cm³/mol. The molecule has 0 amide bonds. The van der Waals surface area contributed by atoms with Gasteiger partial charge in [-0.25, -0.2) is 13.1 Å². The summed E-state index contributed by atoms with van der Waals surface area (Å²) in [6.45, 7) is -0.0547. The topological polar surface area (TPSA) is 116 Å². The average molecular weight is 360 g/mol. The van der Waals surface area contributed by atoms with Crippen LogP contribution in [0.3, 0.4) is 0 Å². The highest BCUT2D eigenvalue weighted by atomic mass is 32.2. The molecule has 1 aliphatic rings. The summed E-state index contributed by atoms with van der Waals surface area (Å²) in [4.78, 5) is 3.96. The molecule has 3 heterocycles. The van der Waals surface area contributed by atoms with Gasteiger partial charge in [-0.2, -0.15) is 0 Å². The Morgan fingerprint density at radius 1 is 1.04 bits per heavy atom. The van der Waals surface area contributed by atoms with Gasteiger partial charge in [-0.15, -0.1) is 10.2 Å². The largest absolute Gasteiger partial charge is 0.454 e. The van der Waals surface area contributed by atoms with Crippen molar-refractivity contribution in [2.45, 2.75) is 11.4 Å². The molecule has 3 aromatic rings. The minimum Gasteiger partial charge on any atom is -0.454 e. The maximum Gasteiger partial charge on any atom is 0.247 e. The molecule has 0 saturated carbocycles. The lowest BCUT2D eigenvalue weighted by atomic mass is 10.3. The van der Waals surface area contributed by atoms with Crippen LogP contribution < -0.4 is 14.2 Å². The minimum atomic E-state index is -3.76. The molecule has 4 rings (SSSR count). The molecule has 1 N–H and O–H groups in total. The molecule has 0 aliphatic carbocycles. The summed E-state index contributed by atoms with van der Waals surface area (Å²) in [6, 6.07) is 7.82. The third kappa shape index (κ3) is 3.16. The van der Waals surface area contributed by atoms with E-state index in [1.165, 1.54) is 12.1 Å². The zero-order valence-corrected chi connectivity index (χ0v) is 13.6. The van der Waals surface area contributed by atoms with E-state index < -0.39 is 10.0 Å².